The van der Waals surface area contributed by atoms with Crippen molar-refractivity contribution in [2.24, 2.45) is 0 Å². The van der Waals surface area contributed by atoms with Crippen LogP contribution in [0.2, 0.25) is 0 Å². The van der Waals surface area contributed by atoms with Gasteiger partial charge in [0, 0.05) is 17.7 Å². The Kier molecular flexibility index (Phi) is 4.90. The van der Waals surface area contributed by atoms with Crippen molar-refractivity contribution in [3.63, 3.8) is 0 Å². The maximum atomic E-state index is 13.2. The number of aliphatic hydroxyl groups excluding tert-OH is 1. The number of aliphatic hydroxyl groups is 1. The quantitative estimate of drug-likeness (QED) is 0.830. The van der Waals surface area contributed by atoms with Crippen molar-refractivity contribution in [3.8, 4) is 5.75 Å². The molecular weight excluding hydrogens is 221 g/mol. The van der Waals surface area contributed by atoms with Gasteiger partial charge in [0.1, 0.15) is 17.7 Å². The van der Waals surface area contributed by atoms with Crippen molar-refractivity contribution in [1.29, 1.82) is 0 Å². The molecule has 3 unspecified atom stereocenters. The summed E-state index contributed by atoms with van der Waals surface area (Å²) < 4.78 is 18.8. The monoisotopic (exact) mass is 241 g/mol. The van der Waals surface area contributed by atoms with Gasteiger partial charge in [-0.2, -0.15) is 0 Å². The maximum absolute atomic E-state index is 13.2. The van der Waals surface area contributed by atoms with E-state index in [0.29, 0.717) is 5.75 Å². The average Bonchev–Trinajstić information content (AvgIpc) is 2.28. The molecule has 0 spiro atoms. The van der Waals surface area contributed by atoms with Crippen LogP contribution in [0.25, 0.3) is 0 Å². The molecule has 1 aromatic rings. The van der Waals surface area contributed by atoms with Gasteiger partial charge in [0.2, 0.25) is 0 Å². The third-order valence-electron chi connectivity index (χ3n) is 2.87. The summed E-state index contributed by atoms with van der Waals surface area (Å²) in [7, 11) is 1.83. The van der Waals surface area contributed by atoms with Crippen LogP contribution in [0.5, 0.6) is 5.75 Å². The fourth-order valence-electron chi connectivity index (χ4n) is 1.42. The van der Waals surface area contributed by atoms with E-state index in [0.717, 1.165) is 5.56 Å². The predicted octanol–water partition coefficient (Wildman–Crippen LogP) is 2.25. The van der Waals surface area contributed by atoms with Crippen LogP contribution in [0.3, 0.4) is 0 Å². The lowest BCUT2D eigenvalue weighted by Crippen LogP contribution is -2.26. The van der Waals surface area contributed by atoms with Crippen LogP contribution in [0.4, 0.5) is 4.39 Å². The molecule has 4 heteroatoms. The first-order chi connectivity index (χ1) is 7.95. The largest absolute Gasteiger partial charge is 0.488 e. The number of nitrogens with one attached hydrogen (secondary N) is 1. The van der Waals surface area contributed by atoms with Gasteiger partial charge in [0.25, 0.3) is 0 Å². The Balaban J connectivity index is 2.98. The number of benzene rings is 1. The molecule has 0 radical (unpaired) electrons. The average molecular weight is 241 g/mol. The van der Waals surface area contributed by atoms with Crippen LogP contribution in [0, 0.1) is 5.82 Å². The molecule has 0 aliphatic heterocycles. The molecule has 0 saturated carbocycles. The summed E-state index contributed by atoms with van der Waals surface area (Å²) in [6.07, 6.45) is -0.976. The SMILES string of the molecule is CNC(C)c1ccc(F)cc1OC(C)C(C)O. The Hall–Kier alpha value is -1.13. The summed E-state index contributed by atoms with van der Waals surface area (Å²) in [5, 5.41) is 12.5. The van der Waals surface area contributed by atoms with Gasteiger partial charge in [-0.05, 0) is 33.9 Å². The van der Waals surface area contributed by atoms with E-state index < -0.39 is 6.10 Å². The number of ether oxygens (including phenoxy) is 1. The van der Waals surface area contributed by atoms with Gasteiger partial charge in [-0.25, -0.2) is 4.39 Å². The highest BCUT2D eigenvalue weighted by Gasteiger charge is 2.16. The maximum Gasteiger partial charge on any atom is 0.127 e. The van der Waals surface area contributed by atoms with Crippen LogP contribution >= 0.6 is 0 Å². The van der Waals surface area contributed by atoms with E-state index in [9.17, 15) is 9.50 Å². The van der Waals surface area contributed by atoms with Gasteiger partial charge in [-0.3, -0.25) is 0 Å². The predicted molar refractivity (Wildman–Crippen MR) is 65.6 cm³/mol. The third-order valence-corrected chi connectivity index (χ3v) is 2.87. The summed E-state index contributed by atoms with van der Waals surface area (Å²) in [6.45, 7) is 5.36. The Morgan fingerprint density at radius 2 is 1.94 bits per heavy atom. The molecule has 1 aromatic carbocycles. The van der Waals surface area contributed by atoms with Gasteiger partial charge in [0.05, 0.1) is 6.10 Å². The molecular formula is C13H20FNO2. The highest BCUT2D eigenvalue weighted by atomic mass is 19.1. The Morgan fingerprint density at radius 3 is 2.47 bits per heavy atom. The van der Waals surface area contributed by atoms with E-state index in [1.54, 1.807) is 19.9 Å². The fourth-order valence-corrected chi connectivity index (χ4v) is 1.42. The molecule has 1 rings (SSSR count). The molecule has 0 bridgehead atoms. The van der Waals surface area contributed by atoms with Crippen molar-refractivity contribution in [2.45, 2.75) is 39.0 Å². The molecule has 3 nitrogen and oxygen atoms in total. The summed E-state index contributed by atoms with van der Waals surface area (Å²) in [4.78, 5) is 0. The van der Waals surface area contributed by atoms with Crippen molar-refractivity contribution < 1.29 is 14.2 Å². The fraction of sp³-hybridized carbons (Fsp3) is 0.538. The minimum absolute atomic E-state index is 0.0619. The van der Waals surface area contributed by atoms with E-state index in [4.69, 9.17) is 4.74 Å². The molecule has 0 aliphatic rings. The molecule has 0 aliphatic carbocycles. The summed E-state index contributed by atoms with van der Waals surface area (Å²) in [6, 6.07) is 4.51. The zero-order valence-electron chi connectivity index (χ0n) is 10.7. The molecule has 0 saturated heterocycles. The van der Waals surface area contributed by atoms with Gasteiger partial charge < -0.3 is 15.2 Å². The van der Waals surface area contributed by atoms with Gasteiger partial charge in [-0.1, -0.05) is 6.07 Å². The number of hydrogen-bond donors (Lipinski definition) is 2. The topological polar surface area (TPSA) is 41.5 Å². The lowest BCUT2D eigenvalue weighted by Gasteiger charge is -2.22. The molecule has 0 fully saturated rings. The first-order valence-corrected chi connectivity index (χ1v) is 5.77. The highest BCUT2D eigenvalue weighted by molar-refractivity contribution is 5.36. The van der Waals surface area contributed by atoms with Gasteiger partial charge in [-0.15, -0.1) is 0 Å². The second-order valence-electron chi connectivity index (χ2n) is 4.26. The first-order valence-electron chi connectivity index (χ1n) is 5.77. The molecule has 3 atom stereocenters. The lowest BCUT2D eigenvalue weighted by atomic mass is 10.1. The van der Waals surface area contributed by atoms with Crippen molar-refractivity contribution in [1.82, 2.24) is 5.32 Å². The Bertz CT molecular complexity index is 368. The molecule has 96 valence electrons. The lowest BCUT2D eigenvalue weighted by molar-refractivity contribution is 0.0593. The van der Waals surface area contributed by atoms with Crippen LogP contribution in [0.1, 0.15) is 32.4 Å². The van der Waals surface area contributed by atoms with Crippen LogP contribution in [-0.4, -0.2) is 24.4 Å². The first kappa shape index (κ1) is 13.9. The van der Waals surface area contributed by atoms with Crippen LogP contribution < -0.4 is 10.1 Å². The van der Waals surface area contributed by atoms with Crippen molar-refractivity contribution in [2.75, 3.05) is 7.05 Å². The molecule has 0 amide bonds. The minimum Gasteiger partial charge on any atom is -0.488 e. The second kappa shape index (κ2) is 5.98. The van der Waals surface area contributed by atoms with Crippen molar-refractivity contribution in [3.05, 3.63) is 29.6 Å². The number of rotatable bonds is 5. The number of halogens is 1. The molecule has 0 heterocycles. The molecule has 17 heavy (non-hydrogen) atoms. The van der Waals surface area contributed by atoms with E-state index in [2.05, 4.69) is 5.32 Å². The highest BCUT2D eigenvalue weighted by Crippen LogP contribution is 2.27. The minimum atomic E-state index is -0.601. The van der Waals surface area contributed by atoms with E-state index in [1.807, 2.05) is 14.0 Å². The zero-order chi connectivity index (χ0) is 13.0. The normalized spacial score (nSPS) is 16.4. The Labute approximate surface area is 102 Å². The summed E-state index contributed by atoms with van der Waals surface area (Å²) >= 11 is 0. The standard InChI is InChI=1S/C13H20FNO2/c1-8(15-4)12-6-5-11(14)7-13(12)17-10(3)9(2)16/h5-10,15-16H,1-4H3. The van der Waals surface area contributed by atoms with E-state index in [-0.39, 0.29) is 18.0 Å². The third kappa shape index (κ3) is 3.68. The zero-order valence-corrected chi connectivity index (χ0v) is 10.7. The molecule has 2 N–H and O–H groups in total. The van der Waals surface area contributed by atoms with Crippen LogP contribution in [0.15, 0.2) is 18.2 Å². The van der Waals surface area contributed by atoms with Gasteiger partial charge in [0.15, 0.2) is 0 Å². The van der Waals surface area contributed by atoms with Gasteiger partial charge >= 0.3 is 0 Å². The smallest absolute Gasteiger partial charge is 0.127 e. The Morgan fingerprint density at radius 1 is 1.29 bits per heavy atom. The second-order valence-corrected chi connectivity index (χ2v) is 4.26. The molecule has 0 aromatic heterocycles. The summed E-state index contributed by atoms with van der Waals surface area (Å²) in [5.41, 5.74) is 0.876. The summed E-state index contributed by atoms with van der Waals surface area (Å²) in [5.74, 6) is 0.130. The van der Waals surface area contributed by atoms with Crippen LogP contribution in [-0.2, 0) is 0 Å². The van der Waals surface area contributed by atoms with E-state index >= 15 is 0 Å². The van der Waals surface area contributed by atoms with E-state index in [1.165, 1.54) is 12.1 Å². The number of hydrogen-bond acceptors (Lipinski definition) is 3. The van der Waals surface area contributed by atoms with Crippen molar-refractivity contribution >= 4 is 0 Å².